The van der Waals surface area contributed by atoms with Gasteiger partial charge in [0.2, 0.25) is 0 Å². The van der Waals surface area contributed by atoms with Crippen LogP contribution < -0.4 is 5.73 Å². The molecule has 0 aromatic carbocycles. The number of hydrogen-bond acceptors (Lipinski definition) is 4. The fourth-order valence-corrected chi connectivity index (χ4v) is 4.41. The molecule has 0 radical (unpaired) electrons. The van der Waals surface area contributed by atoms with Gasteiger partial charge in [-0.05, 0) is 67.7 Å². The Morgan fingerprint density at radius 2 is 2.00 bits per heavy atom. The Morgan fingerprint density at radius 1 is 1.35 bits per heavy atom. The van der Waals surface area contributed by atoms with Gasteiger partial charge in [0.25, 0.3) is 0 Å². The molecule has 3 nitrogen and oxygen atoms in total. The summed E-state index contributed by atoms with van der Waals surface area (Å²) in [6, 6.07) is 2.25. The van der Waals surface area contributed by atoms with Crippen molar-refractivity contribution in [3.05, 3.63) is 20.8 Å². The summed E-state index contributed by atoms with van der Waals surface area (Å²) >= 11 is 5.24. The summed E-state index contributed by atoms with van der Waals surface area (Å²) in [5, 5.41) is 2.20. The Morgan fingerprint density at radius 3 is 2.45 bits per heavy atom. The topological polar surface area (TPSA) is 38.5 Å². The van der Waals surface area contributed by atoms with Crippen molar-refractivity contribution in [3.63, 3.8) is 0 Å². The van der Waals surface area contributed by atoms with Crippen molar-refractivity contribution in [3.8, 4) is 0 Å². The average molecular weight is 361 g/mol. The van der Waals surface area contributed by atoms with Crippen LogP contribution in [-0.2, 0) is 11.3 Å². The van der Waals surface area contributed by atoms with Crippen molar-refractivity contribution < 1.29 is 4.74 Å². The van der Waals surface area contributed by atoms with Gasteiger partial charge in [-0.3, -0.25) is 0 Å². The second kappa shape index (κ2) is 5.69. The van der Waals surface area contributed by atoms with E-state index in [9.17, 15) is 0 Å². The van der Waals surface area contributed by atoms with Crippen LogP contribution in [0.2, 0.25) is 0 Å². The Labute approximate surface area is 134 Å². The zero-order chi connectivity index (χ0) is 15.1. The normalized spacial score (nSPS) is 28.2. The third-order valence-electron chi connectivity index (χ3n) is 4.24. The molecule has 0 aliphatic carbocycles. The van der Waals surface area contributed by atoms with E-state index < -0.39 is 0 Å². The van der Waals surface area contributed by atoms with Gasteiger partial charge in [-0.25, -0.2) is 0 Å². The largest absolute Gasteiger partial charge is 0.368 e. The van der Waals surface area contributed by atoms with Gasteiger partial charge < -0.3 is 15.4 Å². The van der Waals surface area contributed by atoms with Crippen LogP contribution in [0.3, 0.4) is 0 Å². The molecule has 114 valence electrons. The van der Waals surface area contributed by atoms with Crippen LogP contribution in [0.15, 0.2) is 15.2 Å². The van der Waals surface area contributed by atoms with Crippen molar-refractivity contribution in [2.75, 3.05) is 13.6 Å². The minimum atomic E-state index is -0.250. The fourth-order valence-electron chi connectivity index (χ4n) is 3.21. The van der Waals surface area contributed by atoms with E-state index in [0.29, 0.717) is 5.92 Å². The van der Waals surface area contributed by atoms with Crippen molar-refractivity contribution in [2.45, 2.75) is 51.5 Å². The number of nitrogens with two attached hydrogens (primary N) is 1. The van der Waals surface area contributed by atoms with Crippen LogP contribution in [0.1, 0.15) is 33.3 Å². The summed E-state index contributed by atoms with van der Waals surface area (Å²) in [6.45, 7) is 10.4. The molecule has 1 aliphatic rings. The van der Waals surface area contributed by atoms with E-state index >= 15 is 0 Å². The first-order valence-corrected chi connectivity index (χ1v) is 8.66. The quantitative estimate of drug-likeness (QED) is 0.893. The van der Waals surface area contributed by atoms with Gasteiger partial charge in [0, 0.05) is 25.0 Å². The zero-order valence-corrected chi connectivity index (χ0v) is 15.3. The van der Waals surface area contributed by atoms with Gasteiger partial charge in [0.15, 0.2) is 0 Å². The molecule has 2 N–H and O–H groups in total. The standard InChI is InChI=1S/C15H25BrN2OS/c1-14(2)11(13(17)15(3,4)19-14)8-18(5)7-10-6-12(16)20-9-10/h6,9,11,13H,7-8,17H2,1-5H3. The lowest BCUT2D eigenvalue weighted by Gasteiger charge is -2.31. The smallest absolute Gasteiger partial charge is 0.0788 e. The van der Waals surface area contributed by atoms with Gasteiger partial charge in [-0.1, -0.05) is 0 Å². The molecule has 1 fully saturated rings. The lowest BCUT2D eigenvalue weighted by atomic mass is 9.83. The summed E-state index contributed by atoms with van der Waals surface area (Å²) < 4.78 is 7.34. The lowest BCUT2D eigenvalue weighted by Crippen LogP contribution is -2.47. The molecule has 20 heavy (non-hydrogen) atoms. The van der Waals surface area contributed by atoms with Crippen molar-refractivity contribution in [1.29, 1.82) is 0 Å². The Balaban J connectivity index is 2.01. The minimum Gasteiger partial charge on any atom is -0.368 e. The van der Waals surface area contributed by atoms with E-state index in [0.717, 1.165) is 13.1 Å². The highest BCUT2D eigenvalue weighted by atomic mass is 79.9. The van der Waals surface area contributed by atoms with Crippen molar-refractivity contribution >= 4 is 27.3 Å². The highest BCUT2D eigenvalue weighted by Gasteiger charge is 2.52. The fraction of sp³-hybridized carbons (Fsp3) is 0.733. The molecule has 5 heteroatoms. The Hall–Kier alpha value is 0.0600. The van der Waals surface area contributed by atoms with Crippen LogP contribution in [0, 0.1) is 5.92 Å². The van der Waals surface area contributed by atoms with Crippen molar-refractivity contribution in [2.24, 2.45) is 11.7 Å². The molecular formula is C15H25BrN2OS. The molecule has 2 heterocycles. The molecule has 0 bridgehead atoms. The first-order valence-electron chi connectivity index (χ1n) is 6.99. The third kappa shape index (κ3) is 3.45. The van der Waals surface area contributed by atoms with Crippen molar-refractivity contribution in [1.82, 2.24) is 4.90 Å². The predicted molar refractivity (Wildman–Crippen MR) is 89.1 cm³/mol. The van der Waals surface area contributed by atoms with Gasteiger partial charge in [-0.2, -0.15) is 0 Å². The van der Waals surface area contributed by atoms with Gasteiger partial charge in [0.05, 0.1) is 15.0 Å². The number of halogens is 1. The van der Waals surface area contributed by atoms with E-state index in [2.05, 4.69) is 67.0 Å². The SMILES string of the molecule is CN(Cc1csc(Br)c1)CC1C(N)C(C)(C)OC1(C)C. The highest BCUT2D eigenvalue weighted by molar-refractivity contribution is 9.11. The van der Waals surface area contributed by atoms with E-state index in [1.807, 2.05) is 0 Å². The molecule has 0 amide bonds. The summed E-state index contributed by atoms with van der Waals surface area (Å²) in [5.74, 6) is 0.338. The third-order valence-corrected chi connectivity index (χ3v) is 5.79. The maximum absolute atomic E-state index is 6.42. The monoisotopic (exact) mass is 360 g/mol. The number of rotatable bonds is 4. The van der Waals surface area contributed by atoms with E-state index in [1.165, 1.54) is 9.35 Å². The van der Waals surface area contributed by atoms with E-state index in [1.54, 1.807) is 11.3 Å². The summed E-state index contributed by atoms with van der Waals surface area (Å²) in [4.78, 5) is 2.34. The molecule has 2 rings (SSSR count). The maximum atomic E-state index is 6.42. The van der Waals surface area contributed by atoms with Crippen LogP contribution in [0.25, 0.3) is 0 Å². The van der Waals surface area contributed by atoms with Gasteiger partial charge in [-0.15, -0.1) is 11.3 Å². The second-order valence-corrected chi connectivity index (χ2v) is 9.19. The summed E-state index contributed by atoms with van der Waals surface area (Å²) in [5.41, 5.74) is 7.34. The number of thiophene rings is 1. The maximum Gasteiger partial charge on any atom is 0.0788 e. The number of ether oxygens (including phenoxy) is 1. The predicted octanol–water partition coefficient (Wildman–Crippen LogP) is 3.47. The van der Waals surface area contributed by atoms with Crippen LogP contribution in [0.5, 0.6) is 0 Å². The summed E-state index contributed by atoms with van der Waals surface area (Å²) in [7, 11) is 2.15. The van der Waals surface area contributed by atoms with Gasteiger partial charge >= 0.3 is 0 Å². The highest BCUT2D eigenvalue weighted by Crippen LogP contribution is 2.41. The molecule has 1 aliphatic heterocycles. The van der Waals surface area contributed by atoms with E-state index in [4.69, 9.17) is 10.5 Å². The Bertz CT molecular complexity index is 472. The molecule has 1 aromatic rings. The number of nitrogens with zero attached hydrogens (tertiary/aromatic N) is 1. The first kappa shape index (κ1) is 16.4. The van der Waals surface area contributed by atoms with Crippen LogP contribution in [0.4, 0.5) is 0 Å². The summed E-state index contributed by atoms with van der Waals surface area (Å²) in [6.07, 6.45) is 0. The molecule has 2 atom stereocenters. The molecule has 0 spiro atoms. The molecule has 2 unspecified atom stereocenters. The number of hydrogen-bond donors (Lipinski definition) is 1. The lowest BCUT2D eigenvalue weighted by molar-refractivity contribution is -0.0782. The Kier molecular flexibility index (Phi) is 4.67. The average Bonchev–Trinajstić information content (AvgIpc) is 2.74. The molecule has 1 saturated heterocycles. The zero-order valence-electron chi connectivity index (χ0n) is 12.9. The second-order valence-electron chi connectivity index (χ2n) is 6.90. The molecular weight excluding hydrogens is 336 g/mol. The van der Waals surface area contributed by atoms with Gasteiger partial charge in [0.1, 0.15) is 0 Å². The van der Waals surface area contributed by atoms with E-state index in [-0.39, 0.29) is 17.2 Å². The first-order chi connectivity index (χ1) is 9.12. The van der Waals surface area contributed by atoms with Crippen LogP contribution in [-0.4, -0.2) is 35.7 Å². The minimum absolute atomic E-state index is 0.0640. The van der Waals surface area contributed by atoms with Crippen LogP contribution >= 0.6 is 27.3 Å². The molecule has 1 aromatic heterocycles. The molecule has 0 saturated carbocycles.